The van der Waals surface area contributed by atoms with Crippen molar-refractivity contribution < 1.29 is 20.1 Å². The number of unbranched alkanes of at least 4 members (excludes halogenated alkanes) is 3. The first-order valence-electron chi connectivity index (χ1n) is 34.5. The molecule has 0 saturated heterocycles. The van der Waals surface area contributed by atoms with Gasteiger partial charge in [-0.25, -0.2) is 44.9 Å². The molecule has 18 N–H and O–H groups in total. The van der Waals surface area contributed by atoms with Gasteiger partial charge in [-0.2, -0.15) is 24.9 Å². The van der Waals surface area contributed by atoms with Crippen molar-refractivity contribution in [3.05, 3.63) is 119 Å². The molecule has 0 saturated carbocycles. The van der Waals surface area contributed by atoms with Crippen LogP contribution in [0.1, 0.15) is 141 Å². The van der Waals surface area contributed by atoms with Crippen molar-refractivity contribution in [2.24, 2.45) is 0 Å². The number of nitrogens with two attached hydrogens (primary N) is 5. The molecule has 0 aliphatic rings. The molecule has 11 rings (SSSR count). The van der Waals surface area contributed by atoms with E-state index in [4.69, 9.17) is 40.3 Å². The Labute approximate surface area is 598 Å². The van der Waals surface area contributed by atoms with E-state index in [2.05, 4.69) is 134 Å². The van der Waals surface area contributed by atoms with E-state index >= 15 is 0 Å². The van der Waals surface area contributed by atoms with E-state index in [-0.39, 0.29) is 79.5 Å². The molecule has 0 unspecified atom stereocenters. The standard InChI is InChI=1S/C19H22N6O.2C14H21N5O.C13H19N5O.C11H14ClN5/c1-2-6-14(16(26)10-9-13-7-3-4-11-21-13)23-18-17-15(8-5-12-22-17)24-19(20)25-18;2*1-3-4-5-10(8-20)17-13-12-11(18-14(15)19-13)7-6-9(2)16-12;1-3-4-9(7-19)16-12-11-10(17-13(14)18-12)6-5-8(2)15-11;1-2-3-4-14-10-9-8(16-11(13)17-10)5-7(12)6-15-9/h3-5,7-8,11-12,14H,2,6,9-10H2,1H3,(H3,20,23,24,25);2*6-7,10,20H,3-5,8H2,1-2H3,(H3,15,17,18,19);5-6,9,19H,3-4,7H2,1-2H3,(H3,14,16,17,18);5-6H,2-4H2,1H3,(H3,13,14,16,17)/t14-;2*10-;9-;/m0101./s1. The number of aromatic nitrogens is 16. The Morgan fingerprint density at radius 3 is 1.29 bits per heavy atom. The number of carbonyl (C=O) groups excluding carboxylic acids is 1. The SMILES string of the molecule is CCCCNc1nc(N)nc2cc(Cl)cnc12.CCCC[C@@H](CO)Nc1nc(N)nc2ccc(C)nc12.CCCC[C@H](CO)Nc1nc(N)nc2ccc(C)nc12.CCC[C@H](CO)Nc1nc(N)nc2ccc(C)nc12.CCC[C@H](Nc1nc(N)nc2cccnc12)C(=O)CCc1ccccn1. The molecule has 31 heteroatoms. The number of rotatable bonds is 29. The lowest BCUT2D eigenvalue weighted by atomic mass is 10.0. The Bertz CT molecular complexity index is 4340. The van der Waals surface area contributed by atoms with Gasteiger partial charge in [-0.3, -0.25) is 14.8 Å². The number of nitrogens with zero attached hydrogens (tertiary/aromatic N) is 16. The zero-order valence-electron chi connectivity index (χ0n) is 59.4. The zero-order chi connectivity index (χ0) is 73.5. The van der Waals surface area contributed by atoms with Gasteiger partial charge in [-0.1, -0.05) is 97.2 Å². The van der Waals surface area contributed by atoms with E-state index in [1.54, 1.807) is 30.7 Å². The van der Waals surface area contributed by atoms with Crippen LogP contribution in [0, 0.1) is 20.8 Å². The Balaban J connectivity index is 0.000000180. The van der Waals surface area contributed by atoms with Crippen LogP contribution < -0.4 is 55.3 Å². The number of anilines is 10. The van der Waals surface area contributed by atoms with E-state index in [0.29, 0.717) is 109 Å². The van der Waals surface area contributed by atoms with E-state index in [1.165, 1.54) is 0 Å². The molecule has 11 aromatic rings. The molecule has 0 aromatic carbocycles. The van der Waals surface area contributed by atoms with Crippen molar-refractivity contribution in [1.29, 1.82) is 0 Å². The van der Waals surface area contributed by atoms with Crippen molar-refractivity contribution in [2.45, 2.75) is 169 Å². The summed E-state index contributed by atoms with van der Waals surface area (Å²) in [6, 6.07) is 21.9. The molecule has 0 spiro atoms. The molecule has 102 heavy (non-hydrogen) atoms. The number of aliphatic hydroxyl groups excluding tert-OH is 3. The van der Waals surface area contributed by atoms with Crippen molar-refractivity contribution >= 4 is 131 Å². The number of pyridine rings is 6. The minimum Gasteiger partial charge on any atom is -0.394 e. The van der Waals surface area contributed by atoms with Gasteiger partial charge < -0.3 is 70.6 Å². The fraction of sp³-hybridized carbons (Fsp3) is 0.423. The van der Waals surface area contributed by atoms with Crippen LogP contribution in [-0.2, 0) is 11.2 Å². The van der Waals surface area contributed by atoms with Crippen LogP contribution in [0.15, 0.2) is 91.4 Å². The summed E-state index contributed by atoms with van der Waals surface area (Å²) < 4.78 is 0. The summed E-state index contributed by atoms with van der Waals surface area (Å²) >= 11 is 5.87. The third-order valence-electron chi connectivity index (χ3n) is 15.7. The first-order chi connectivity index (χ1) is 49.3. The highest BCUT2D eigenvalue weighted by atomic mass is 35.5. The molecule has 11 heterocycles. The number of fused-ring (bicyclic) bond motifs is 5. The number of ketones is 1. The highest BCUT2D eigenvalue weighted by molar-refractivity contribution is 6.31. The first-order valence-corrected chi connectivity index (χ1v) is 34.9. The molecule has 0 aliphatic heterocycles. The van der Waals surface area contributed by atoms with E-state index in [0.717, 1.165) is 99.9 Å². The van der Waals surface area contributed by atoms with Crippen LogP contribution in [0.3, 0.4) is 0 Å². The predicted molar refractivity (Wildman–Crippen MR) is 409 cm³/mol. The summed E-state index contributed by atoms with van der Waals surface area (Å²) in [5.41, 5.74) is 39.0. The van der Waals surface area contributed by atoms with E-state index in [1.807, 2.05) is 88.4 Å². The summed E-state index contributed by atoms with van der Waals surface area (Å²) in [6.07, 6.45) is 17.6. The van der Waals surface area contributed by atoms with Crippen molar-refractivity contribution in [3.8, 4) is 0 Å². The molecule has 0 amide bonds. The zero-order valence-corrected chi connectivity index (χ0v) is 60.1. The van der Waals surface area contributed by atoms with Gasteiger partial charge in [0.2, 0.25) is 29.7 Å². The number of aryl methyl sites for hydroxylation is 4. The Morgan fingerprint density at radius 2 is 0.853 bits per heavy atom. The maximum absolute atomic E-state index is 12.7. The van der Waals surface area contributed by atoms with Crippen LogP contribution in [-0.4, -0.2) is 151 Å². The first kappa shape index (κ1) is 78.8. The van der Waals surface area contributed by atoms with Crippen molar-refractivity contribution in [1.82, 2.24) is 79.7 Å². The third-order valence-corrected chi connectivity index (χ3v) is 15.9. The lowest BCUT2D eigenvalue weighted by Crippen LogP contribution is -2.30. The maximum atomic E-state index is 12.7. The van der Waals surface area contributed by atoms with Gasteiger partial charge in [-0.05, 0) is 126 Å². The minimum atomic E-state index is -0.344. The monoisotopic (exact) mass is 1410 g/mol. The summed E-state index contributed by atoms with van der Waals surface area (Å²) in [7, 11) is 0. The fourth-order valence-electron chi connectivity index (χ4n) is 10.5. The largest absolute Gasteiger partial charge is 0.394 e. The Kier molecular flexibility index (Phi) is 31.4. The quantitative estimate of drug-likeness (QED) is 0.0194. The lowest BCUT2D eigenvalue weighted by Gasteiger charge is -2.18. The van der Waals surface area contributed by atoms with Crippen molar-refractivity contribution in [2.75, 3.05) is 81.6 Å². The fourth-order valence-corrected chi connectivity index (χ4v) is 10.6. The van der Waals surface area contributed by atoms with Crippen LogP contribution in [0.5, 0.6) is 0 Å². The molecule has 542 valence electrons. The van der Waals surface area contributed by atoms with Crippen LogP contribution in [0.25, 0.3) is 55.2 Å². The lowest BCUT2D eigenvalue weighted by molar-refractivity contribution is -0.119. The molecule has 30 nitrogen and oxygen atoms in total. The van der Waals surface area contributed by atoms with Gasteiger partial charge in [0.1, 0.15) is 27.6 Å². The average Bonchev–Trinajstić information content (AvgIpc) is 0.901. The summed E-state index contributed by atoms with van der Waals surface area (Å²) in [4.78, 5) is 80.8. The van der Waals surface area contributed by atoms with Crippen molar-refractivity contribution in [3.63, 3.8) is 0 Å². The number of Topliss-reactive ketones (excluding diaryl/α,β-unsaturated/α-hetero) is 1. The number of nitrogens with one attached hydrogen (secondary N) is 5. The second kappa shape index (κ2) is 40.6. The van der Waals surface area contributed by atoms with E-state index in [9.17, 15) is 20.1 Å². The number of carbonyl (C=O) groups is 1. The number of hydrogen-bond donors (Lipinski definition) is 13. The third kappa shape index (κ3) is 24.1. The topological polar surface area (TPSA) is 474 Å². The van der Waals surface area contributed by atoms with Gasteiger partial charge in [0, 0.05) is 54.3 Å². The molecule has 11 aromatic heterocycles. The molecule has 0 bridgehead atoms. The number of hydrogen-bond acceptors (Lipinski definition) is 30. The predicted octanol–water partition coefficient (Wildman–Crippen LogP) is 10.5. The minimum absolute atomic E-state index is 0.0465. The highest BCUT2D eigenvalue weighted by Crippen LogP contribution is 2.27. The molecular formula is C71H97ClN26O4. The maximum Gasteiger partial charge on any atom is 0.222 e. The normalized spacial score (nSPS) is 12.1. The number of halogens is 1. The van der Waals surface area contributed by atoms with Gasteiger partial charge >= 0.3 is 0 Å². The Morgan fingerprint density at radius 1 is 0.431 bits per heavy atom. The van der Waals surface area contributed by atoms with Gasteiger partial charge in [-0.15, -0.1) is 0 Å². The van der Waals surface area contributed by atoms with Gasteiger partial charge in [0.15, 0.2) is 34.9 Å². The second-order valence-electron chi connectivity index (χ2n) is 24.2. The molecule has 4 atom stereocenters. The molecule has 0 radical (unpaired) electrons. The van der Waals surface area contributed by atoms with Gasteiger partial charge in [0.05, 0.1) is 76.6 Å². The molecule has 0 aliphatic carbocycles. The molecule has 0 fully saturated rings. The second-order valence-corrected chi connectivity index (χ2v) is 24.6. The van der Waals surface area contributed by atoms with Crippen LogP contribution >= 0.6 is 11.6 Å². The molecular weight excluding hydrogens is 1320 g/mol. The number of nitrogen functional groups attached to an aromatic ring is 5. The summed E-state index contributed by atoms with van der Waals surface area (Å²) in [5.74, 6) is 4.04. The highest BCUT2D eigenvalue weighted by Gasteiger charge is 2.22. The number of aliphatic hydroxyl groups is 3. The van der Waals surface area contributed by atoms with Crippen LogP contribution in [0.2, 0.25) is 5.02 Å². The van der Waals surface area contributed by atoms with Gasteiger partial charge in [0.25, 0.3) is 0 Å². The van der Waals surface area contributed by atoms with E-state index < -0.39 is 0 Å². The van der Waals surface area contributed by atoms with Crippen LogP contribution in [0.4, 0.5) is 58.8 Å². The summed E-state index contributed by atoms with van der Waals surface area (Å²) in [5, 5.41) is 44.9. The smallest absolute Gasteiger partial charge is 0.222 e. The Hall–Kier alpha value is -10.6. The average molecular weight is 1410 g/mol. The summed E-state index contributed by atoms with van der Waals surface area (Å²) in [6.45, 7) is 17.2.